The van der Waals surface area contributed by atoms with Crippen molar-refractivity contribution in [3.05, 3.63) is 127 Å². The molecule has 0 nitrogen and oxygen atoms in total. The van der Waals surface area contributed by atoms with Crippen LogP contribution >= 0.6 is 12.6 Å². The highest BCUT2D eigenvalue weighted by Crippen LogP contribution is 2.45. The Labute approximate surface area is 226 Å². The smallest absolute Gasteiger partial charge is 0.0119 e. The minimum Gasteiger partial charge on any atom is -0.143 e. The van der Waals surface area contributed by atoms with Gasteiger partial charge in [0, 0.05) is 4.90 Å². The predicted molar refractivity (Wildman–Crippen MR) is 168 cm³/mol. The summed E-state index contributed by atoms with van der Waals surface area (Å²) in [5, 5.41) is 13.3. The van der Waals surface area contributed by atoms with Crippen LogP contribution in [0.25, 0.3) is 76.1 Å². The number of hydrogen-bond donors (Lipinski definition) is 1. The van der Waals surface area contributed by atoms with Crippen LogP contribution in [-0.4, -0.2) is 0 Å². The van der Waals surface area contributed by atoms with E-state index in [1.807, 2.05) is 6.07 Å². The Morgan fingerprint density at radius 1 is 0.395 bits per heavy atom. The Morgan fingerprint density at radius 3 is 1.55 bits per heavy atom. The summed E-state index contributed by atoms with van der Waals surface area (Å²) in [7, 11) is 0. The maximum Gasteiger partial charge on any atom is 0.0119 e. The fourth-order valence-electron chi connectivity index (χ4n) is 6.47. The van der Waals surface area contributed by atoms with Crippen molar-refractivity contribution >= 4 is 66.5 Å². The Hall–Kier alpha value is -4.33. The van der Waals surface area contributed by atoms with Gasteiger partial charge in [0.1, 0.15) is 0 Å². The van der Waals surface area contributed by atoms with Crippen molar-refractivity contribution in [3.63, 3.8) is 0 Å². The largest absolute Gasteiger partial charge is 0.143 e. The van der Waals surface area contributed by atoms with E-state index in [2.05, 4.69) is 122 Å². The van der Waals surface area contributed by atoms with Gasteiger partial charge in [-0.25, -0.2) is 0 Å². The van der Waals surface area contributed by atoms with Gasteiger partial charge in [0.25, 0.3) is 0 Å². The Bertz CT molecular complexity index is 2200. The summed E-state index contributed by atoms with van der Waals surface area (Å²) >= 11 is 4.74. The van der Waals surface area contributed by atoms with Gasteiger partial charge in [-0.3, -0.25) is 0 Å². The highest BCUT2D eigenvalue weighted by molar-refractivity contribution is 7.80. The number of benzene rings is 8. The summed E-state index contributed by atoms with van der Waals surface area (Å²) in [4.78, 5) is 1.00. The van der Waals surface area contributed by atoms with Gasteiger partial charge in [0.05, 0.1) is 0 Å². The number of rotatable bonds is 2. The van der Waals surface area contributed by atoms with Gasteiger partial charge in [0.2, 0.25) is 0 Å². The third kappa shape index (κ3) is 3.00. The summed E-state index contributed by atoms with van der Waals surface area (Å²) < 4.78 is 0. The van der Waals surface area contributed by atoms with Gasteiger partial charge in [0.15, 0.2) is 0 Å². The standard InChI is InChI=1S/C37H24S/c1-22-16-17-23(20-33(22)28-10-4-5-15-35(28)38)24-18-19-27-31-13-6-11-29-25-8-2-3-9-26(25)30-12-7-14-32(34(27)21-24)37(30)36(29)31/h2-21,38H,1H3. The Balaban J connectivity index is 1.46. The molecule has 0 aliphatic heterocycles. The quantitative estimate of drug-likeness (QED) is 0.136. The first kappa shape index (κ1) is 21.7. The van der Waals surface area contributed by atoms with Crippen LogP contribution in [0.4, 0.5) is 0 Å². The third-order valence-electron chi connectivity index (χ3n) is 8.25. The molecule has 0 unspecified atom stereocenters. The van der Waals surface area contributed by atoms with Crippen molar-refractivity contribution in [3.8, 4) is 22.3 Å². The summed E-state index contributed by atoms with van der Waals surface area (Å²) in [6, 6.07) is 44.5. The monoisotopic (exact) mass is 500 g/mol. The van der Waals surface area contributed by atoms with E-state index in [-0.39, 0.29) is 0 Å². The highest BCUT2D eigenvalue weighted by Gasteiger charge is 2.17. The molecule has 1 heteroatoms. The van der Waals surface area contributed by atoms with E-state index >= 15 is 0 Å². The lowest BCUT2D eigenvalue weighted by Crippen LogP contribution is -1.90. The molecule has 0 aromatic heterocycles. The molecule has 0 radical (unpaired) electrons. The molecule has 8 aromatic rings. The van der Waals surface area contributed by atoms with Gasteiger partial charge in [-0.15, -0.1) is 12.6 Å². The van der Waals surface area contributed by atoms with Crippen LogP contribution in [0.1, 0.15) is 5.56 Å². The SMILES string of the molecule is Cc1ccc(-c2ccc3c(c2)c2cccc4c5ccccc5c5cccc3c5c42)cc1-c1ccccc1S. The minimum atomic E-state index is 1.00. The fourth-order valence-corrected chi connectivity index (χ4v) is 6.75. The molecule has 0 heterocycles. The molecule has 178 valence electrons. The molecule has 38 heavy (non-hydrogen) atoms. The lowest BCUT2D eigenvalue weighted by Gasteiger charge is -2.18. The average molecular weight is 501 g/mol. The molecule has 8 rings (SSSR count). The highest BCUT2D eigenvalue weighted by atomic mass is 32.1. The van der Waals surface area contributed by atoms with Crippen molar-refractivity contribution in [1.29, 1.82) is 0 Å². The zero-order valence-corrected chi connectivity index (χ0v) is 21.9. The first-order valence-electron chi connectivity index (χ1n) is 13.1. The van der Waals surface area contributed by atoms with Crippen LogP contribution in [0, 0.1) is 6.92 Å². The Morgan fingerprint density at radius 2 is 0.895 bits per heavy atom. The lowest BCUT2D eigenvalue weighted by molar-refractivity contribution is 1.40. The van der Waals surface area contributed by atoms with E-state index in [4.69, 9.17) is 12.6 Å². The first-order valence-corrected chi connectivity index (χ1v) is 13.5. The zero-order chi connectivity index (χ0) is 25.4. The van der Waals surface area contributed by atoms with Crippen LogP contribution in [0.3, 0.4) is 0 Å². The van der Waals surface area contributed by atoms with E-state index in [0.29, 0.717) is 0 Å². The van der Waals surface area contributed by atoms with E-state index < -0.39 is 0 Å². The summed E-state index contributed by atoms with van der Waals surface area (Å²) in [6.07, 6.45) is 0. The van der Waals surface area contributed by atoms with Gasteiger partial charge in [-0.05, 0) is 107 Å². The van der Waals surface area contributed by atoms with Gasteiger partial charge < -0.3 is 0 Å². The molecular formula is C37H24S. The van der Waals surface area contributed by atoms with Crippen molar-refractivity contribution in [2.45, 2.75) is 11.8 Å². The summed E-state index contributed by atoms with van der Waals surface area (Å²) in [6.45, 7) is 2.18. The van der Waals surface area contributed by atoms with Crippen LogP contribution in [0.2, 0.25) is 0 Å². The summed E-state index contributed by atoms with van der Waals surface area (Å²) in [5.41, 5.74) is 6.11. The number of fused-ring (bicyclic) bond motifs is 6. The molecule has 0 spiro atoms. The van der Waals surface area contributed by atoms with Crippen LogP contribution in [0.15, 0.2) is 126 Å². The molecular weight excluding hydrogens is 476 g/mol. The first-order chi connectivity index (χ1) is 18.7. The molecule has 0 fully saturated rings. The number of hydrogen-bond acceptors (Lipinski definition) is 1. The second-order valence-corrected chi connectivity index (χ2v) is 10.8. The van der Waals surface area contributed by atoms with Gasteiger partial charge in [-0.2, -0.15) is 0 Å². The van der Waals surface area contributed by atoms with Crippen molar-refractivity contribution < 1.29 is 0 Å². The summed E-state index contributed by atoms with van der Waals surface area (Å²) in [5.74, 6) is 0. The van der Waals surface area contributed by atoms with Crippen LogP contribution < -0.4 is 0 Å². The second kappa shape index (κ2) is 8.08. The predicted octanol–water partition coefficient (Wildman–Crippen LogP) is 10.8. The second-order valence-electron chi connectivity index (χ2n) is 10.3. The topological polar surface area (TPSA) is 0 Å². The average Bonchev–Trinajstić information content (AvgIpc) is 2.97. The molecule has 8 aromatic carbocycles. The van der Waals surface area contributed by atoms with E-state index in [1.54, 1.807) is 0 Å². The van der Waals surface area contributed by atoms with E-state index in [9.17, 15) is 0 Å². The minimum absolute atomic E-state index is 1.00. The van der Waals surface area contributed by atoms with Crippen molar-refractivity contribution in [1.82, 2.24) is 0 Å². The van der Waals surface area contributed by atoms with Crippen LogP contribution in [0.5, 0.6) is 0 Å². The van der Waals surface area contributed by atoms with Crippen molar-refractivity contribution in [2.24, 2.45) is 0 Å². The third-order valence-corrected chi connectivity index (χ3v) is 8.64. The molecule has 0 aliphatic rings. The van der Waals surface area contributed by atoms with Crippen molar-refractivity contribution in [2.75, 3.05) is 0 Å². The maximum atomic E-state index is 4.74. The molecule has 0 amide bonds. The van der Waals surface area contributed by atoms with Gasteiger partial charge >= 0.3 is 0 Å². The van der Waals surface area contributed by atoms with Crippen LogP contribution in [-0.2, 0) is 0 Å². The zero-order valence-electron chi connectivity index (χ0n) is 21.0. The lowest BCUT2D eigenvalue weighted by atomic mass is 9.85. The van der Waals surface area contributed by atoms with E-state index in [1.165, 1.54) is 81.7 Å². The van der Waals surface area contributed by atoms with E-state index in [0.717, 1.165) is 4.90 Å². The molecule has 0 saturated carbocycles. The Kier molecular flexibility index (Phi) is 4.62. The molecule has 0 bridgehead atoms. The molecule has 0 atom stereocenters. The molecule has 0 saturated heterocycles. The maximum absolute atomic E-state index is 4.74. The number of aryl methyl sites for hydroxylation is 1. The normalized spacial score (nSPS) is 11.9. The van der Waals surface area contributed by atoms with Gasteiger partial charge in [-0.1, -0.05) is 103 Å². The molecule has 0 aliphatic carbocycles. The fraction of sp³-hybridized carbons (Fsp3) is 0.0270. The number of thiol groups is 1. The molecule has 0 N–H and O–H groups in total.